The molecule has 2 heterocycles. The van der Waals surface area contributed by atoms with Crippen LogP contribution in [0.5, 0.6) is 0 Å². The minimum Gasteiger partial charge on any atom is -0.383 e. The van der Waals surface area contributed by atoms with E-state index in [0.717, 1.165) is 24.3 Å². The van der Waals surface area contributed by atoms with E-state index in [1.807, 2.05) is 0 Å². The summed E-state index contributed by atoms with van der Waals surface area (Å²) in [5, 5.41) is 9.87. The Morgan fingerprint density at radius 2 is 1.39 bits per heavy atom. The van der Waals surface area contributed by atoms with Gasteiger partial charge in [-0.3, -0.25) is 4.79 Å². The number of nitrogens with one attached hydrogen (secondary N) is 3. The first-order valence-corrected chi connectivity index (χ1v) is 10.2. The predicted molar refractivity (Wildman–Crippen MR) is 120 cm³/mol. The molecule has 4 aromatic rings. The van der Waals surface area contributed by atoms with Gasteiger partial charge in [-0.1, -0.05) is 0 Å². The number of benzene rings is 2. The number of nitrogens with two attached hydrogens (primary N) is 1. The molecule has 0 aliphatic heterocycles. The van der Waals surface area contributed by atoms with Crippen molar-refractivity contribution in [2.24, 2.45) is 0 Å². The monoisotopic (exact) mass is 472 g/mol. The highest BCUT2D eigenvalue weighted by Crippen LogP contribution is 2.30. The molecule has 2 aromatic heterocycles. The van der Waals surface area contributed by atoms with E-state index in [9.17, 15) is 22.8 Å². The molecule has 0 bridgehead atoms. The highest BCUT2D eigenvalue weighted by molar-refractivity contribution is 7.17. The van der Waals surface area contributed by atoms with Gasteiger partial charge >= 0.3 is 12.2 Å². The number of anilines is 4. The predicted octanol–water partition coefficient (Wildman–Crippen LogP) is 5.19. The van der Waals surface area contributed by atoms with Crippen molar-refractivity contribution in [3.05, 3.63) is 71.4 Å². The Kier molecular flexibility index (Phi) is 5.84. The van der Waals surface area contributed by atoms with Crippen molar-refractivity contribution in [1.82, 2.24) is 9.97 Å². The molecule has 0 aliphatic rings. The van der Waals surface area contributed by atoms with E-state index >= 15 is 0 Å². The number of nitrogens with zero attached hydrogens (tertiary/aromatic N) is 2. The first-order chi connectivity index (χ1) is 15.7. The molecule has 0 radical (unpaired) electrons. The van der Waals surface area contributed by atoms with Gasteiger partial charge in [0.25, 0.3) is 5.91 Å². The van der Waals surface area contributed by atoms with Gasteiger partial charge in [0.2, 0.25) is 0 Å². The van der Waals surface area contributed by atoms with E-state index in [4.69, 9.17) is 5.73 Å². The average Bonchev–Trinajstić information content (AvgIpc) is 3.21. The molecule has 0 fully saturated rings. The molecule has 0 spiro atoms. The number of hydrogen-bond acceptors (Lipinski definition) is 6. The summed E-state index contributed by atoms with van der Waals surface area (Å²) in [6, 6.07) is 9.73. The van der Waals surface area contributed by atoms with Gasteiger partial charge in [0.15, 0.2) is 0 Å². The molecule has 12 heteroatoms. The van der Waals surface area contributed by atoms with E-state index in [2.05, 4.69) is 25.9 Å². The largest absolute Gasteiger partial charge is 0.416 e. The first kappa shape index (κ1) is 22.0. The second-order valence-corrected chi connectivity index (χ2v) is 7.63. The van der Waals surface area contributed by atoms with Crippen LogP contribution in [-0.4, -0.2) is 21.9 Å². The maximum Gasteiger partial charge on any atom is 0.416 e. The number of thiophene rings is 1. The van der Waals surface area contributed by atoms with Gasteiger partial charge in [0, 0.05) is 22.4 Å². The van der Waals surface area contributed by atoms with Crippen molar-refractivity contribution in [3.8, 4) is 0 Å². The van der Waals surface area contributed by atoms with Gasteiger partial charge in [-0.15, -0.1) is 11.3 Å². The maximum atomic E-state index is 12.6. The number of carbonyl (C=O) groups excluding carboxylic acids is 2. The maximum absolute atomic E-state index is 12.6. The summed E-state index contributed by atoms with van der Waals surface area (Å²) in [5.74, 6) is -0.173. The molecule has 0 atom stereocenters. The molecule has 2 aromatic carbocycles. The van der Waals surface area contributed by atoms with Gasteiger partial charge in [0.1, 0.15) is 17.0 Å². The molecule has 0 aliphatic carbocycles. The van der Waals surface area contributed by atoms with E-state index in [-0.39, 0.29) is 17.4 Å². The van der Waals surface area contributed by atoms with Crippen LogP contribution in [0.2, 0.25) is 0 Å². The summed E-state index contributed by atoms with van der Waals surface area (Å²) < 4.78 is 37.8. The number of aromatic nitrogens is 2. The molecule has 0 saturated carbocycles. The number of rotatable bonds is 4. The van der Waals surface area contributed by atoms with Crippen molar-refractivity contribution in [1.29, 1.82) is 0 Å². The van der Waals surface area contributed by atoms with E-state index in [1.54, 1.807) is 29.6 Å². The van der Waals surface area contributed by atoms with Crippen LogP contribution in [0.4, 0.5) is 40.8 Å². The van der Waals surface area contributed by atoms with Crippen molar-refractivity contribution < 1.29 is 22.8 Å². The van der Waals surface area contributed by atoms with Crippen LogP contribution in [0.1, 0.15) is 15.9 Å². The van der Waals surface area contributed by atoms with E-state index in [0.29, 0.717) is 27.2 Å². The van der Waals surface area contributed by atoms with Crippen molar-refractivity contribution in [2.75, 3.05) is 21.7 Å². The van der Waals surface area contributed by atoms with Crippen LogP contribution in [0.3, 0.4) is 0 Å². The summed E-state index contributed by atoms with van der Waals surface area (Å²) >= 11 is 1.28. The van der Waals surface area contributed by atoms with Crippen molar-refractivity contribution in [2.45, 2.75) is 6.18 Å². The highest BCUT2D eigenvalue weighted by atomic mass is 32.1. The molecular formula is C21H15F3N6O2S. The number of carbonyl (C=O) groups is 2. The number of fused-ring (bicyclic) bond motifs is 1. The SMILES string of the molecule is Nc1ncnc2scc(C(=O)Nc3ccc(NC(=O)Nc4ccc(C(F)(F)F)cc4)cc3)c12. The Labute approximate surface area is 188 Å². The Bertz CT molecular complexity index is 1320. The molecule has 8 nitrogen and oxygen atoms in total. The number of nitrogen functional groups attached to an aromatic ring is 1. The number of amides is 3. The smallest absolute Gasteiger partial charge is 0.383 e. The molecule has 0 saturated heterocycles. The number of hydrogen-bond donors (Lipinski definition) is 4. The molecule has 4 rings (SSSR count). The van der Waals surface area contributed by atoms with Crippen LogP contribution in [-0.2, 0) is 6.18 Å². The molecular weight excluding hydrogens is 457 g/mol. The number of urea groups is 1. The van der Waals surface area contributed by atoms with E-state index in [1.165, 1.54) is 17.7 Å². The van der Waals surface area contributed by atoms with Crippen molar-refractivity contribution in [3.63, 3.8) is 0 Å². The fraction of sp³-hybridized carbons (Fsp3) is 0.0476. The number of alkyl halides is 3. The summed E-state index contributed by atoms with van der Waals surface area (Å²) in [7, 11) is 0. The molecule has 0 unspecified atom stereocenters. The summed E-state index contributed by atoms with van der Waals surface area (Å²) in [6.07, 6.45) is -3.12. The van der Waals surface area contributed by atoms with Crippen LogP contribution in [0.25, 0.3) is 10.2 Å². The molecule has 5 N–H and O–H groups in total. The summed E-state index contributed by atoms with van der Waals surface area (Å²) in [6.45, 7) is 0. The lowest BCUT2D eigenvalue weighted by Crippen LogP contribution is -2.19. The zero-order valence-corrected chi connectivity index (χ0v) is 17.4. The van der Waals surface area contributed by atoms with Gasteiger partial charge in [-0.2, -0.15) is 13.2 Å². The van der Waals surface area contributed by atoms with E-state index < -0.39 is 17.8 Å². The van der Waals surface area contributed by atoms with Gasteiger partial charge < -0.3 is 21.7 Å². The normalized spacial score (nSPS) is 11.2. The van der Waals surface area contributed by atoms with Crippen LogP contribution < -0.4 is 21.7 Å². The second kappa shape index (κ2) is 8.74. The number of halogens is 3. The Balaban J connectivity index is 1.37. The molecule has 33 heavy (non-hydrogen) atoms. The molecule has 3 amide bonds. The van der Waals surface area contributed by atoms with Gasteiger partial charge in [-0.05, 0) is 48.5 Å². The van der Waals surface area contributed by atoms with Crippen molar-refractivity contribution >= 4 is 56.4 Å². The fourth-order valence-electron chi connectivity index (χ4n) is 2.94. The van der Waals surface area contributed by atoms with Crippen LogP contribution in [0.15, 0.2) is 60.2 Å². The Hall–Kier alpha value is -4.19. The fourth-order valence-corrected chi connectivity index (χ4v) is 3.83. The first-order valence-electron chi connectivity index (χ1n) is 9.35. The summed E-state index contributed by atoms with van der Waals surface area (Å²) in [5.41, 5.74) is 6.50. The zero-order valence-electron chi connectivity index (χ0n) is 16.6. The standard InChI is InChI=1S/C21H15F3N6O2S/c22-21(23,24)11-1-3-13(4-2-11)29-20(32)30-14-7-5-12(6-8-14)28-18(31)15-9-33-19-16(15)17(25)26-10-27-19/h1-10H,(H,28,31)(H2,25,26,27)(H2,29,30,32). The molecule has 168 valence electrons. The zero-order chi connectivity index (χ0) is 23.6. The lowest BCUT2D eigenvalue weighted by molar-refractivity contribution is -0.137. The Morgan fingerprint density at radius 3 is 1.97 bits per heavy atom. The topological polar surface area (TPSA) is 122 Å². The third-order valence-corrected chi connectivity index (χ3v) is 5.40. The summed E-state index contributed by atoms with van der Waals surface area (Å²) in [4.78, 5) is 33.3. The highest BCUT2D eigenvalue weighted by Gasteiger charge is 2.30. The lowest BCUT2D eigenvalue weighted by Gasteiger charge is -2.10. The Morgan fingerprint density at radius 1 is 0.848 bits per heavy atom. The van der Waals surface area contributed by atoms with Gasteiger partial charge in [0.05, 0.1) is 16.5 Å². The lowest BCUT2D eigenvalue weighted by atomic mass is 10.2. The second-order valence-electron chi connectivity index (χ2n) is 6.77. The van der Waals surface area contributed by atoms with Crippen LogP contribution >= 0.6 is 11.3 Å². The quantitative estimate of drug-likeness (QED) is 0.326. The minimum atomic E-state index is -4.45. The van der Waals surface area contributed by atoms with Gasteiger partial charge in [-0.25, -0.2) is 14.8 Å². The minimum absolute atomic E-state index is 0.204. The average molecular weight is 472 g/mol. The van der Waals surface area contributed by atoms with Crippen LogP contribution in [0, 0.1) is 0 Å². The third kappa shape index (κ3) is 5.01. The third-order valence-electron chi connectivity index (χ3n) is 4.51.